The van der Waals surface area contributed by atoms with Gasteiger partial charge >= 0.3 is 0 Å². The number of nitrogens with zero attached hydrogens (tertiary/aromatic N) is 4. The van der Waals surface area contributed by atoms with Crippen LogP contribution in [0, 0.1) is 6.92 Å². The highest BCUT2D eigenvalue weighted by Gasteiger charge is 2.23. The Morgan fingerprint density at radius 1 is 1.38 bits per heavy atom. The number of hydrogen-bond acceptors (Lipinski definition) is 5. The number of aromatic nitrogens is 3. The van der Waals surface area contributed by atoms with Crippen LogP contribution in [0.2, 0.25) is 0 Å². The first-order valence-corrected chi connectivity index (χ1v) is 8.67. The van der Waals surface area contributed by atoms with Gasteiger partial charge in [0, 0.05) is 44.9 Å². The van der Waals surface area contributed by atoms with E-state index in [4.69, 9.17) is 0 Å². The predicted octanol–water partition coefficient (Wildman–Crippen LogP) is 1.00. The molecule has 1 N–H and O–H groups in total. The van der Waals surface area contributed by atoms with E-state index in [1.54, 1.807) is 36.0 Å². The molecule has 136 valence electrons. The molecule has 0 fully saturated rings. The van der Waals surface area contributed by atoms with Gasteiger partial charge in [0.2, 0.25) is 0 Å². The average Bonchev–Trinajstić information content (AvgIpc) is 2.87. The maximum atomic E-state index is 12.5. The smallest absolute Gasteiger partial charge is 0.256 e. The summed E-state index contributed by atoms with van der Waals surface area (Å²) in [7, 11) is 1.74. The fraction of sp³-hybridized carbons (Fsp3) is 0.368. The van der Waals surface area contributed by atoms with E-state index in [1.165, 1.54) is 0 Å². The van der Waals surface area contributed by atoms with Crippen molar-refractivity contribution in [2.75, 3.05) is 24.5 Å². The Kier molecular flexibility index (Phi) is 5.16. The fourth-order valence-electron chi connectivity index (χ4n) is 3.17. The monoisotopic (exact) mass is 353 g/mol. The van der Waals surface area contributed by atoms with Gasteiger partial charge in [-0.25, -0.2) is 9.97 Å². The second-order valence-electron chi connectivity index (χ2n) is 6.31. The number of aryl methyl sites for hydroxylation is 1. The number of fused-ring (bicyclic) bond motifs is 1. The third-order valence-electron chi connectivity index (χ3n) is 4.68. The van der Waals surface area contributed by atoms with E-state index in [-0.39, 0.29) is 11.5 Å². The van der Waals surface area contributed by atoms with E-state index < -0.39 is 0 Å². The van der Waals surface area contributed by atoms with Gasteiger partial charge in [0.15, 0.2) is 0 Å². The summed E-state index contributed by atoms with van der Waals surface area (Å²) in [6, 6.07) is 3.51. The van der Waals surface area contributed by atoms with Crippen LogP contribution >= 0.6 is 0 Å². The van der Waals surface area contributed by atoms with Crippen molar-refractivity contribution in [2.24, 2.45) is 7.05 Å². The third-order valence-corrected chi connectivity index (χ3v) is 4.68. The number of carbonyl (C=O) groups is 1. The molecule has 0 aliphatic carbocycles. The van der Waals surface area contributed by atoms with E-state index in [2.05, 4.69) is 26.8 Å². The van der Waals surface area contributed by atoms with Gasteiger partial charge in [0.25, 0.3) is 11.5 Å². The molecular formula is C19H23N5O2. The van der Waals surface area contributed by atoms with Gasteiger partial charge in [-0.1, -0.05) is 6.08 Å². The molecule has 1 aliphatic rings. The van der Waals surface area contributed by atoms with Crippen LogP contribution in [0.1, 0.15) is 27.4 Å². The van der Waals surface area contributed by atoms with Crippen molar-refractivity contribution in [2.45, 2.75) is 19.8 Å². The number of pyridine rings is 1. The first-order chi connectivity index (χ1) is 12.5. The number of anilines is 1. The summed E-state index contributed by atoms with van der Waals surface area (Å²) in [6.07, 6.45) is 4.55. The van der Waals surface area contributed by atoms with Crippen molar-refractivity contribution in [1.82, 2.24) is 19.9 Å². The minimum absolute atomic E-state index is 0.0133. The number of rotatable bonds is 4. The summed E-state index contributed by atoms with van der Waals surface area (Å²) in [5.41, 5.74) is 2.15. The Bertz CT molecular complexity index is 903. The lowest BCUT2D eigenvalue weighted by atomic mass is 10.1. The predicted molar refractivity (Wildman–Crippen MR) is 101 cm³/mol. The van der Waals surface area contributed by atoms with Crippen molar-refractivity contribution in [3.05, 3.63) is 64.0 Å². The number of nitrogens with one attached hydrogen (secondary N) is 1. The molecule has 7 nitrogen and oxygen atoms in total. The fourth-order valence-corrected chi connectivity index (χ4v) is 3.17. The lowest BCUT2D eigenvalue weighted by Crippen LogP contribution is -2.32. The molecule has 0 saturated carbocycles. The van der Waals surface area contributed by atoms with Crippen molar-refractivity contribution in [3.63, 3.8) is 0 Å². The SMILES string of the molecule is C=CCNC(=O)c1cccnc1N1CCc2nc(C)n(C)c(=O)c2CC1. The lowest BCUT2D eigenvalue weighted by Gasteiger charge is -2.23. The van der Waals surface area contributed by atoms with Crippen LogP contribution in [-0.4, -0.2) is 40.1 Å². The first kappa shape index (κ1) is 17.8. The van der Waals surface area contributed by atoms with Crippen LogP contribution < -0.4 is 15.8 Å². The molecule has 2 aromatic heterocycles. The van der Waals surface area contributed by atoms with Crippen molar-refractivity contribution in [3.8, 4) is 0 Å². The normalized spacial score (nSPS) is 13.7. The number of hydrogen-bond donors (Lipinski definition) is 1. The van der Waals surface area contributed by atoms with Gasteiger partial charge in [0.05, 0.1) is 11.3 Å². The topological polar surface area (TPSA) is 80.1 Å². The molecule has 0 unspecified atom stereocenters. The standard InChI is InChI=1S/C19H23N5O2/c1-4-9-21-18(25)15-6-5-10-20-17(15)24-11-7-14-16(8-12-24)22-13(2)23(3)19(14)26/h4-6,10H,1,7-9,11-12H2,2-3H3,(H,21,25). The minimum atomic E-state index is -0.181. The van der Waals surface area contributed by atoms with E-state index in [9.17, 15) is 9.59 Å². The Morgan fingerprint density at radius 3 is 2.92 bits per heavy atom. The quantitative estimate of drug-likeness (QED) is 0.830. The second kappa shape index (κ2) is 7.51. The largest absolute Gasteiger partial charge is 0.355 e. The molecule has 3 rings (SSSR count). The molecule has 1 amide bonds. The lowest BCUT2D eigenvalue weighted by molar-refractivity contribution is 0.0958. The van der Waals surface area contributed by atoms with Crippen LogP contribution in [0.25, 0.3) is 0 Å². The number of carbonyl (C=O) groups excluding carboxylic acids is 1. The Balaban J connectivity index is 1.89. The van der Waals surface area contributed by atoms with Crippen LogP contribution in [0.3, 0.4) is 0 Å². The molecule has 1 aliphatic heterocycles. The molecule has 0 saturated heterocycles. The summed E-state index contributed by atoms with van der Waals surface area (Å²) >= 11 is 0. The van der Waals surface area contributed by atoms with Gasteiger partial charge in [-0.3, -0.25) is 14.2 Å². The highest BCUT2D eigenvalue weighted by molar-refractivity contribution is 5.99. The minimum Gasteiger partial charge on any atom is -0.355 e. The summed E-state index contributed by atoms with van der Waals surface area (Å²) in [5.74, 6) is 1.17. The Labute approximate surface area is 152 Å². The third kappa shape index (κ3) is 3.37. The zero-order chi connectivity index (χ0) is 18.7. The highest BCUT2D eigenvalue weighted by atomic mass is 16.1. The van der Waals surface area contributed by atoms with E-state index in [0.717, 1.165) is 11.3 Å². The second-order valence-corrected chi connectivity index (χ2v) is 6.31. The zero-order valence-corrected chi connectivity index (χ0v) is 15.2. The number of amides is 1. The van der Waals surface area contributed by atoms with Gasteiger partial charge in [-0.15, -0.1) is 6.58 Å². The molecule has 0 atom stereocenters. The summed E-state index contributed by atoms with van der Waals surface area (Å²) in [4.78, 5) is 36.0. The van der Waals surface area contributed by atoms with Gasteiger partial charge in [-0.05, 0) is 25.5 Å². The maximum Gasteiger partial charge on any atom is 0.256 e. The van der Waals surface area contributed by atoms with Crippen molar-refractivity contribution in [1.29, 1.82) is 0 Å². The molecule has 0 spiro atoms. The van der Waals surface area contributed by atoms with Gasteiger partial charge in [-0.2, -0.15) is 0 Å². The molecule has 26 heavy (non-hydrogen) atoms. The van der Waals surface area contributed by atoms with Crippen LogP contribution in [0.15, 0.2) is 35.8 Å². The van der Waals surface area contributed by atoms with Crippen LogP contribution in [0.5, 0.6) is 0 Å². The zero-order valence-electron chi connectivity index (χ0n) is 15.2. The van der Waals surface area contributed by atoms with Crippen molar-refractivity contribution >= 4 is 11.7 Å². The molecular weight excluding hydrogens is 330 g/mol. The van der Waals surface area contributed by atoms with E-state index in [0.29, 0.717) is 49.7 Å². The molecule has 0 bridgehead atoms. The van der Waals surface area contributed by atoms with Gasteiger partial charge in [0.1, 0.15) is 11.6 Å². The first-order valence-electron chi connectivity index (χ1n) is 8.67. The van der Waals surface area contributed by atoms with E-state index in [1.807, 2.05) is 6.92 Å². The molecule has 0 aromatic carbocycles. The van der Waals surface area contributed by atoms with Crippen LogP contribution in [0.4, 0.5) is 5.82 Å². The van der Waals surface area contributed by atoms with Gasteiger partial charge < -0.3 is 10.2 Å². The Morgan fingerprint density at radius 2 is 2.15 bits per heavy atom. The average molecular weight is 353 g/mol. The summed E-state index contributed by atoms with van der Waals surface area (Å²) < 4.78 is 1.59. The summed E-state index contributed by atoms with van der Waals surface area (Å²) in [6.45, 7) is 7.13. The molecule has 3 heterocycles. The van der Waals surface area contributed by atoms with E-state index >= 15 is 0 Å². The molecule has 7 heteroatoms. The highest BCUT2D eigenvalue weighted by Crippen LogP contribution is 2.21. The maximum absolute atomic E-state index is 12.5. The Hall–Kier alpha value is -2.96. The molecule has 2 aromatic rings. The summed E-state index contributed by atoms with van der Waals surface area (Å²) in [5, 5.41) is 2.80. The van der Waals surface area contributed by atoms with Crippen molar-refractivity contribution < 1.29 is 4.79 Å². The molecule has 0 radical (unpaired) electrons. The van der Waals surface area contributed by atoms with Crippen LogP contribution in [-0.2, 0) is 19.9 Å².